The fourth-order valence-corrected chi connectivity index (χ4v) is 16.2. The minimum Gasteiger partial charge on any atom is -0.506 e. The maximum Gasteiger partial charge on any atom is 0.358 e. The van der Waals surface area contributed by atoms with Gasteiger partial charge in [0.25, 0.3) is 17.7 Å². The average molecular weight is 1440 g/mol. The van der Waals surface area contributed by atoms with Gasteiger partial charge in [0.2, 0.25) is 11.8 Å². The first kappa shape index (κ1) is 69.1. The number of carbonyl (C=O) groups excluding carboxylic acids is 7. The largest absolute Gasteiger partial charge is 0.506 e. The zero-order valence-electron chi connectivity index (χ0n) is 53.8. The lowest BCUT2D eigenvalue weighted by Crippen LogP contribution is -2.62. The number of thiazole rings is 5. The highest BCUT2D eigenvalue weighted by atomic mass is 32.1. The number of aliphatic hydroxyl groups is 2. The van der Waals surface area contributed by atoms with Crippen LogP contribution in [-0.4, -0.2) is 203 Å². The van der Waals surface area contributed by atoms with Gasteiger partial charge in [0.15, 0.2) is 18.1 Å². The van der Waals surface area contributed by atoms with Crippen molar-refractivity contribution in [3.63, 3.8) is 0 Å². The van der Waals surface area contributed by atoms with Crippen molar-refractivity contribution in [2.45, 2.75) is 114 Å². The Hall–Kier alpha value is -8.79. The lowest BCUT2D eigenvalue weighted by atomic mass is 9.85. The van der Waals surface area contributed by atoms with Crippen LogP contribution in [0, 0.1) is 0 Å². The van der Waals surface area contributed by atoms with E-state index < -0.39 is 122 Å². The molecule has 8 aromatic rings. The highest BCUT2D eigenvalue weighted by Gasteiger charge is 2.50. The number of methoxy groups -OCH3 is 1. The van der Waals surface area contributed by atoms with Crippen LogP contribution in [-0.2, 0) is 62.6 Å². The van der Waals surface area contributed by atoms with Crippen molar-refractivity contribution in [1.29, 1.82) is 0 Å². The summed E-state index contributed by atoms with van der Waals surface area (Å²) >= 11 is 4.86. The molecule has 1 fully saturated rings. The molecule has 0 saturated carbocycles. The second-order valence-electron chi connectivity index (χ2n) is 24.2. The lowest BCUT2D eigenvalue weighted by Gasteiger charge is -2.48. The molecule has 4 aliphatic rings. The van der Waals surface area contributed by atoms with Crippen molar-refractivity contribution < 1.29 is 82.5 Å². The summed E-state index contributed by atoms with van der Waals surface area (Å²) in [6, 6.07) is 0.904. The van der Waals surface area contributed by atoms with E-state index in [2.05, 4.69) is 41.5 Å². The predicted molar refractivity (Wildman–Crippen MR) is 355 cm³/mol. The van der Waals surface area contributed by atoms with Crippen LogP contribution >= 0.6 is 56.7 Å². The number of nitrogens with zero attached hydrogens (tertiary/aromatic N) is 9. The third-order valence-corrected chi connectivity index (χ3v) is 21.0. The molecule has 12 bridgehead atoms. The van der Waals surface area contributed by atoms with Crippen molar-refractivity contribution in [2.24, 2.45) is 0 Å². The quantitative estimate of drug-likeness (QED) is 0.0522. The van der Waals surface area contributed by atoms with Gasteiger partial charge in [-0.25, -0.2) is 39.5 Å². The number of nitrogens with one attached hydrogen (secondary N) is 5. The van der Waals surface area contributed by atoms with E-state index in [1.807, 2.05) is 0 Å². The van der Waals surface area contributed by atoms with E-state index in [-0.39, 0.29) is 124 Å². The third kappa shape index (κ3) is 14.0. The van der Waals surface area contributed by atoms with Crippen LogP contribution in [0.5, 0.6) is 5.75 Å². The summed E-state index contributed by atoms with van der Waals surface area (Å²) in [5, 5.41) is 69.1. The molecular formula is C62H66N14O17S5. The fraction of sp³-hybridized carbons (Fsp3) is 0.403. The molecule has 1 aromatic carbocycles. The molecule has 10 unspecified atom stereocenters. The Kier molecular flexibility index (Phi) is 19.9. The number of hydrogen-bond acceptors (Lipinski definition) is 30. The summed E-state index contributed by atoms with van der Waals surface area (Å²) in [6.45, 7) is 4.57. The highest BCUT2D eigenvalue weighted by Crippen LogP contribution is 2.43. The van der Waals surface area contributed by atoms with Gasteiger partial charge in [0, 0.05) is 49.8 Å². The lowest BCUT2D eigenvalue weighted by molar-refractivity contribution is -0.280. The predicted octanol–water partition coefficient (Wildman–Crippen LogP) is 4.34. The van der Waals surface area contributed by atoms with Gasteiger partial charge in [-0.1, -0.05) is 12.1 Å². The van der Waals surface area contributed by atoms with Gasteiger partial charge in [-0.15, -0.1) is 56.7 Å². The van der Waals surface area contributed by atoms with Crippen LogP contribution in [0.3, 0.4) is 0 Å². The number of esters is 2. The topological polar surface area (TPSA) is 405 Å². The number of ether oxygens (including phenoxy) is 6. The molecule has 11 heterocycles. The summed E-state index contributed by atoms with van der Waals surface area (Å²) in [5.41, 5.74) is -1.52. The standard InChI is InChI=1S/C62H66N14O17S5/c1-25(77)42-54(83)72-43(26(2)88-9)57-68-36(24-97-57)53(82)73-46-48-49(93-40-14-62(4,86)50(75(7)8)27(3)92-40)61(85)90-17-28-11-10-12-37-41(28)31(18-89-48)47(76(37)87)60(84)91-19-32(65-51(80)34-23-98-59(46)69-34)56-66-33(21-96-56)44-30(55-67-35(22-95-55)52(81)71-42)13-38(78)45(70-44)58-64-29(20-94-58)15-63-39(79)16-74(5)6/h10-13,20-25,27,32,40,42,46,48-50,77-78,86-87H,14-19H2,1-9H3,(H,63,79)(H,65,80)(H,71,81)(H,72,83)(H,73,82)/b43-26+. The van der Waals surface area contributed by atoms with Crippen molar-refractivity contribution in [3.05, 3.63) is 112 Å². The zero-order valence-corrected chi connectivity index (χ0v) is 57.9. The fourth-order valence-electron chi connectivity index (χ4n) is 12.0. The van der Waals surface area contributed by atoms with E-state index >= 15 is 14.4 Å². The first-order chi connectivity index (χ1) is 46.7. The van der Waals surface area contributed by atoms with Gasteiger partial charge in [-0.05, 0) is 73.6 Å². The second-order valence-corrected chi connectivity index (χ2v) is 28.5. The van der Waals surface area contributed by atoms with E-state index in [0.29, 0.717) is 16.0 Å². The van der Waals surface area contributed by atoms with E-state index in [9.17, 15) is 39.7 Å². The number of carbonyl (C=O) groups is 7. The normalized spacial score (nSPS) is 24.2. The molecule has 98 heavy (non-hydrogen) atoms. The summed E-state index contributed by atoms with van der Waals surface area (Å²) in [4.78, 5) is 134. The highest BCUT2D eigenvalue weighted by molar-refractivity contribution is 7.14. The van der Waals surface area contributed by atoms with Gasteiger partial charge in [-0.2, -0.15) is 4.73 Å². The summed E-state index contributed by atoms with van der Waals surface area (Å²) < 4.78 is 38.3. The molecule has 9 N–H and O–H groups in total. The number of amides is 5. The van der Waals surface area contributed by atoms with Crippen LogP contribution in [0.1, 0.15) is 120 Å². The number of allylic oxidation sites excluding steroid dienone is 1. The molecule has 1 saturated heterocycles. The number of fused-ring (bicyclic) bond motifs is 15. The maximum absolute atomic E-state index is 15.2. The molecule has 36 heteroatoms. The molecule has 5 amide bonds. The Morgan fingerprint density at radius 1 is 0.837 bits per heavy atom. The number of aliphatic hydroxyl groups excluding tert-OH is 1. The number of benzene rings is 1. The first-order valence-electron chi connectivity index (χ1n) is 30.3. The molecule has 4 aliphatic heterocycles. The van der Waals surface area contributed by atoms with Gasteiger partial charge < -0.3 is 85.3 Å². The van der Waals surface area contributed by atoms with Crippen LogP contribution in [0.2, 0.25) is 0 Å². The monoisotopic (exact) mass is 1440 g/mol. The molecule has 0 spiro atoms. The van der Waals surface area contributed by atoms with E-state index in [4.69, 9.17) is 43.4 Å². The van der Waals surface area contributed by atoms with Crippen molar-refractivity contribution in [3.8, 4) is 38.4 Å². The van der Waals surface area contributed by atoms with Gasteiger partial charge in [-0.3, -0.25) is 24.0 Å². The Morgan fingerprint density at radius 3 is 2.23 bits per heavy atom. The van der Waals surface area contributed by atoms with Crippen LogP contribution in [0.15, 0.2) is 56.9 Å². The number of aromatic nitrogens is 7. The number of likely N-dealkylation sites (N-methyl/N-ethyl adjacent to an activating group) is 2. The van der Waals surface area contributed by atoms with E-state index in [0.717, 1.165) is 56.7 Å². The van der Waals surface area contributed by atoms with Crippen molar-refractivity contribution >= 4 is 115 Å². The molecule has 12 rings (SSSR count). The van der Waals surface area contributed by atoms with Crippen molar-refractivity contribution in [2.75, 3.05) is 48.5 Å². The van der Waals surface area contributed by atoms with Crippen molar-refractivity contribution in [1.82, 2.24) is 71.0 Å². The molecule has 516 valence electrons. The molecule has 0 radical (unpaired) electrons. The Bertz CT molecular complexity index is 4480. The molecule has 10 atom stereocenters. The molecular weight excluding hydrogens is 1370 g/mol. The Balaban J connectivity index is 1.03. The SMILES string of the molecule is CO/C(C)=C1/NC(=O)C(C(C)O)NC(=O)c2csc(n2)-c2cc(O)c(-c3nc(CNC(=O)CN(C)C)cs3)nc2-c2csc(n2)C2COC(=O)c3c4c5c(cccc5n3O)COC(=O)C(OC3CC(C)(O)C(N(C)C)C(C)O3)C(OC4)C(NC(=O)c3csc1n3)c1nc(cs1)C(=O)N2. The zero-order chi connectivity index (χ0) is 69.8. The number of aromatic hydroxyl groups is 1. The van der Waals surface area contributed by atoms with Crippen LogP contribution in [0.25, 0.3) is 49.3 Å². The molecule has 0 aliphatic carbocycles. The summed E-state index contributed by atoms with van der Waals surface area (Å²) in [6.07, 6.45) is -7.45. The number of hydrogen-bond donors (Lipinski definition) is 9. The molecule has 7 aromatic heterocycles. The summed E-state index contributed by atoms with van der Waals surface area (Å²) in [7, 11) is 8.38. The van der Waals surface area contributed by atoms with E-state index in [1.54, 1.807) is 74.7 Å². The average Bonchev–Trinajstić information content (AvgIpc) is 1.57. The Morgan fingerprint density at radius 2 is 1.51 bits per heavy atom. The third-order valence-electron chi connectivity index (χ3n) is 16.5. The number of rotatable bonds is 10. The minimum absolute atomic E-state index is 0.000805. The first-order valence-corrected chi connectivity index (χ1v) is 34.7. The Labute approximate surface area is 577 Å². The van der Waals surface area contributed by atoms with Gasteiger partial charge in [0.1, 0.15) is 114 Å². The van der Waals surface area contributed by atoms with E-state index in [1.165, 1.54) is 49.2 Å². The smallest absolute Gasteiger partial charge is 0.358 e. The number of pyridine rings is 1. The second kappa shape index (κ2) is 28.2. The number of cyclic esters (lactones) is 2. The van der Waals surface area contributed by atoms with Crippen LogP contribution in [0.4, 0.5) is 0 Å². The molecule has 31 nitrogen and oxygen atoms in total. The maximum atomic E-state index is 15.2. The van der Waals surface area contributed by atoms with Gasteiger partial charge >= 0.3 is 11.9 Å². The summed E-state index contributed by atoms with van der Waals surface area (Å²) in [5.74, 6) is -6.34. The minimum atomic E-state index is -1.90. The van der Waals surface area contributed by atoms with Gasteiger partial charge in [0.05, 0.1) is 61.9 Å². The van der Waals surface area contributed by atoms with Crippen LogP contribution < -0.4 is 26.6 Å².